The summed E-state index contributed by atoms with van der Waals surface area (Å²) in [4.78, 5) is 25.8. The smallest absolute Gasteiger partial charge is 0.313 e. The number of unbranched alkanes of at least 4 members (excludes halogenated alkanes) is 1. The van der Waals surface area contributed by atoms with Crippen LogP contribution < -0.4 is 5.32 Å². The van der Waals surface area contributed by atoms with Crippen LogP contribution in [0.3, 0.4) is 0 Å². The summed E-state index contributed by atoms with van der Waals surface area (Å²) in [5.74, 6) is -1.20. The first-order valence-corrected chi connectivity index (χ1v) is 7.12. The van der Waals surface area contributed by atoms with Gasteiger partial charge in [-0.1, -0.05) is 13.3 Å². The first-order valence-electron chi connectivity index (χ1n) is 6.31. The van der Waals surface area contributed by atoms with Crippen LogP contribution in [-0.2, 0) is 9.59 Å². The second kappa shape index (κ2) is 8.23. The summed E-state index contributed by atoms with van der Waals surface area (Å²) in [7, 11) is 1.62. The molecular weight excluding hydrogens is 274 g/mol. The van der Waals surface area contributed by atoms with Crippen molar-refractivity contribution in [1.29, 1.82) is 5.26 Å². The zero-order chi connectivity index (χ0) is 15.0. The molecule has 0 aliphatic carbocycles. The lowest BCUT2D eigenvalue weighted by Gasteiger charge is -2.16. The third-order valence-corrected chi connectivity index (χ3v) is 3.26. The fraction of sp³-hybridized carbons (Fsp3) is 0.357. The molecule has 0 aliphatic rings. The normalized spacial score (nSPS) is 9.65. The number of nitriles is 1. The maximum absolute atomic E-state index is 11.8. The van der Waals surface area contributed by atoms with Crippen molar-refractivity contribution >= 4 is 29.3 Å². The number of carbonyl (C=O) groups excluding carboxylic acids is 2. The van der Waals surface area contributed by atoms with Gasteiger partial charge in [0.15, 0.2) is 0 Å². The number of thioether (sulfide) groups is 1. The Kier molecular flexibility index (Phi) is 6.60. The zero-order valence-corrected chi connectivity index (χ0v) is 12.4. The second-order valence-corrected chi connectivity index (χ2v) is 5.11. The van der Waals surface area contributed by atoms with Gasteiger partial charge in [-0.15, -0.1) is 0 Å². The summed E-state index contributed by atoms with van der Waals surface area (Å²) in [6.45, 7) is 2.60. The quantitative estimate of drug-likeness (QED) is 0.514. The molecule has 106 valence electrons. The number of amides is 2. The maximum atomic E-state index is 11.8. The van der Waals surface area contributed by atoms with E-state index in [0.29, 0.717) is 12.2 Å². The van der Waals surface area contributed by atoms with Crippen LogP contribution in [0.4, 0.5) is 5.69 Å². The predicted molar refractivity (Wildman–Crippen MR) is 79.1 cm³/mol. The summed E-state index contributed by atoms with van der Waals surface area (Å²) in [6.07, 6.45) is 1.84. The molecule has 0 heterocycles. The lowest BCUT2D eigenvalue weighted by Crippen LogP contribution is -2.37. The Hall–Kier alpha value is -2.00. The van der Waals surface area contributed by atoms with Crippen LogP contribution in [0.25, 0.3) is 0 Å². The first kappa shape index (κ1) is 16.1. The standard InChI is InChI=1S/C14H17N3O2S/c1-3-4-9-17(2)14(19)13(18)16-11-5-7-12(8-6-11)20-10-15/h5-8H,3-4,9H2,1-2H3,(H,16,18). The fourth-order valence-electron chi connectivity index (χ4n) is 1.51. The number of hydrogen-bond donors (Lipinski definition) is 1. The van der Waals surface area contributed by atoms with Crippen molar-refractivity contribution in [3.05, 3.63) is 24.3 Å². The molecule has 1 N–H and O–H groups in total. The molecule has 0 aliphatic heterocycles. The number of likely N-dealkylation sites (N-methyl/N-ethyl adjacent to an activating group) is 1. The number of hydrogen-bond acceptors (Lipinski definition) is 4. The third-order valence-electron chi connectivity index (χ3n) is 2.66. The molecule has 1 aromatic carbocycles. The van der Waals surface area contributed by atoms with E-state index in [2.05, 4.69) is 5.32 Å². The number of rotatable bonds is 5. The van der Waals surface area contributed by atoms with Gasteiger partial charge < -0.3 is 10.2 Å². The van der Waals surface area contributed by atoms with Crippen LogP contribution in [0.2, 0.25) is 0 Å². The van der Waals surface area contributed by atoms with Crippen molar-refractivity contribution in [2.24, 2.45) is 0 Å². The number of thiocyanates is 1. The molecule has 0 bridgehead atoms. The topological polar surface area (TPSA) is 73.2 Å². The van der Waals surface area contributed by atoms with Crippen LogP contribution in [-0.4, -0.2) is 30.3 Å². The van der Waals surface area contributed by atoms with E-state index in [1.165, 1.54) is 4.90 Å². The van der Waals surface area contributed by atoms with Gasteiger partial charge in [-0.05, 0) is 42.4 Å². The lowest BCUT2D eigenvalue weighted by atomic mass is 10.3. The van der Waals surface area contributed by atoms with E-state index in [0.717, 1.165) is 29.5 Å². The SMILES string of the molecule is CCCCN(C)C(=O)C(=O)Nc1ccc(SC#N)cc1. The number of benzene rings is 1. The highest BCUT2D eigenvalue weighted by Crippen LogP contribution is 2.18. The van der Waals surface area contributed by atoms with Crippen molar-refractivity contribution in [3.8, 4) is 5.40 Å². The molecule has 5 nitrogen and oxygen atoms in total. The Labute approximate surface area is 122 Å². The molecule has 0 atom stereocenters. The minimum absolute atomic E-state index is 0.537. The van der Waals surface area contributed by atoms with Crippen LogP contribution >= 0.6 is 11.8 Å². The van der Waals surface area contributed by atoms with Gasteiger partial charge in [-0.3, -0.25) is 9.59 Å². The van der Waals surface area contributed by atoms with Crippen molar-refractivity contribution in [1.82, 2.24) is 4.90 Å². The van der Waals surface area contributed by atoms with E-state index >= 15 is 0 Å². The van der Waals surface area contributed by atoms with Crippen LogP contribution in [0.15, 0.2) is 29.2 Å². The Bertz CT molecular complexity index is 508. The Morgan fingerprint density at radius 3 is 2.55 bits per heavy atom. The monoisotopic (exact) mass is 291 g/mol. The minimum atomic E-state index is -0.649. The lowest BCUT2D eigenvalue weighted by molar-refractivity contribution is -0.142. The number of nitrogens with one attached hydrogen (secondary N) is 1. The minimum Gasteiger partial charge on any atom is -0.338 e. The van der Waals surface area contributed by atoms with Gasteiger partial charge in [-0.2, -0.15) is 5.26 Å². The summed E-state index contributed by atoms with van der Waals surface area (Å²) < 4.78 is 0. The molecule has 0 fully saturated rings. The van der Waals surface area contributed by atoms with E-state index in [1.807, 2.05) is 12.3 Å². The molecular formula is C14H17N3O2S. The van der Waals surface area contributed by atoms with Crippen LogP contribution in [0, 0.1) is 10.7 Å². The molecule has 1 rings (SSSR count). The molecule has 1 aromatic rings. The summed E-state index contributed by atoms with van der Waals surface area (Å²) in [5, 5.41) is 13.0. The number of carbonyl (C=O) groups is 2. The van der Waals surface area contributed by atoms with Crippen LogP contribution in [0.5, 0.6) is 0 Å². The molecule has 0 unspecified atom stereocenters. The summed E-state index contributed by atoms with van der Waals surface area (Å²) in [6, 6.07) is 6.76. The highest BCUT2D eigenvalue weighted by atomic mass is 32.2. The first-order chi connectivity index (χ1) is 9.58. The van der Waals surface area contributed by atoms with Gasteiger partial charge in [-0.25, -0.2) is 0 Å². The Morgan fingerprint density at radius 1 is 1.35 bits per heavy atom. The fourth-order valence-corrected chi connectivity index (χ4v) is 1.89. The molecule has 2 amide bonds. The number of nitrogens with zero attached hydrogens (tertiary/aromatic N) is 2. The van der Waals surface area contributed by atoms with Crippen molar-refractivity contribution in [2.45, 2.75) is 24.7 Å². The van der Waals surface area contributed by atoms with Crippen molar-refractivity contribution in [3.63, 3.8) is 0 Å². The number of anilines is 1. The third kappa shape index (κ3) is 4.94. The van der Waals surface area contributed by atoms with Crippen molar-refractivity contribution < 1.29 is 9.59 Å². The molecule has 0 saturated carbocycles. The van der Waals surface area contributed by atoms with E-state index in [-0.39, 0.29) is 0 Å². The molecule has 0 spiro atoms. The molecule has 6 heteroatoms. The van der Waals surface area contributed by atoms with Crippen molar-refractivity contribution in [2.75, 3.05) is 18.9 Å². The predicted octanol–water partition coefficient (Wildman–Crippen LogP) is 2.46. The summed E-state index contributed by atoms with van der Waals surface area (Å²) in [5.41, 5.74) is 0.537. The Morgan fingerprint density at radius 2 is 2.00 bits per heavy atom. The highest BCUT2D eigenvalue weighted by molar-refractivity contribution is 8.03. The molecule has 20 heavy (non-hydrogen) atoms. The van der Waals surface area contributed by atoms with Gasteiger partial charge in [0.2, 0.25) is 0 Å². The summed E-state index contributed by atoms with van der Waals surface area (Å²) >= 11 is 1.04. The van der Waals surface area contributed by atoms with Gasteiger partial charge in [0.05, 0.1) is 0 Å². The zero-order valence-electron chi connectivity index (χ0n) is 11.5. The van der Waals surface area contributed by atoms with Gasteiger partial charge in [0.25, 0.3) is 0 Å². The van der Waals surface area contributed by atoms with Gasteiger partial charge in [0.1, 0.15) is 5.40 Å². The van der Waals surface area contributed by atoms with E-state index in [4.69, 9.17) is 5.26 Å². The highest BCUT2D eigenvalue weighted by Gasteiger charge is 2.18. The maximum Gasteiger partial charge on any atom is 0.313 e. The molecule has 0 aromatic heterocycles. The molecule has 0 saturated heterocycles. The second-order valence-electron chi connectivity index (χ2n) is 4.25. The van der Waals surface area contributed by atoms with E-state index in [9.17, 15) is 9.59 Å². The Balaban J connectivity index is 2.57. The molecule has 0 radical (unpaired) electrons. The van der Waals surface area contributed by atoms with E-state index < -0.39 is 11.8 Å². The average molecular weight is 291 g/mol. The van der Waals surface area contributed by atoms with Gasteiger partial charge >= 0.3 is 11.8 Å². The average Bonchev–Trinajstić information content (AvgIpc) is 2.46. The van der Waals surface area contributed by atoms with Crippen LogP contribution in [0.1, 0.15) is 19.8 Å². The van der Waals surface area contributed by atoms with Gasteiger partial charge in [0, 0.05) is 24.2 Å². The van der Waals surface area contributed by atoms with E-state index in [1.54, 1.807) is 31.3 Å². The largest absolute Gasteiger partial charge is 0.338 e.